The largest absolute Gasteiger partial charge is 0.465 e. The van der Waals surface area contributed by atoms with Crippen LogP contribution in [0.5, 0.6) is 0 Å². The quantitative estimate of drug-likeness (QED) is 0.307. The number of fused-ring (bicyclic) bond motifs is 1. The van der Waals surface area contributed by atoms with E-state index in [-0.39, 0.29) is 22.5 Å². The molecule has 1 heterocycles. The molecule has 6 nitrogen and oxygen atoms in total. The fraction of sp³-hybridized carbons (Fsp3) is 0.519. The molecule has 35 heavy (non-hydrogen) atoms. The van der Waals surface area contributed by atoms with Crippen LogP contribution in [-0.2, 0) is 27.2 Å². The van der Waals surface area contributed by atoms with Crippen LogP contribution in [0.2, 0.25) is 0 Å². The number of amides is 2. The van der Waals surface area contributed by atoms with Gasteiger partial charge in [-0.15, -0.1) is 23.1 Å². The summed E-state index contributed by atoms with van der Waals surface area (Å²) in [6.45, 7) is 10.3. The number of hydrogen-bond donors (Lipinski definition) is 2. The molecule has 0 bridgehead atoms. The third kappa shape index (κ3) is 7.34. The lowest BCUT2D eigenvalue weighted by molar-refractivity contribution is -0.118. The summed E-state index contributed by atoms with van der Waals surface area (Å²) in [5.41, 5.74) is 2.16. The Hall–Kier alpha value is -2.32. The smallest absolute Gasteiger partial charge is 0.341 e. The maximum Gasteiger partial charge on any atom is 0.341 e. The second-order valence-electron chi connectivity index (χ2n) is 10.4. The highest BCUT2D eigenvalue weighted by atomic mass is 32.2. The van der Waals surface area contributed by atoms with Gasteiger partial charge >= 0.3 is 5.97 Å². The molecular weight excluding hydrogens is 480 g/mol. The van der Waals surface area contributed by atoms with Crippen LogP contribution in [0.3, 0.4) is 0 Å². The van der Waals surface area contributed by atoms with E-state index >= 15 is 0 Å². The van der Waals surface area contributed by atoms with Crippen molar-refractivity contribution in [3.05, 3.63) is 40.3 Å². The van der Waals surface area contributed by atoms with E-state index in [1.807, 2.05) is 52.0 Å². The van der Waals surface area contributed by atoms with Gasteiger partial charge < -0.3 is 15.4 Å². The number of hydrogen-bond acceptors (Lipinski definition) is 6. The molecule has 2 N–H and O–H groups in total. The lowest BCUT2D eigenvalue weighted by atomic mass is 9.88. The Kier molecular flexibility index (Phi) is 9.05. The highest BCUT2D eigenvalue weighted by molar-refractivity contribution is 8.00. The number of anilines is 2. The van der Waals surface area contributed by atoms with Crippen LogP contribution in [0.25, 0.3) is 0 Å². The predicted molar refractivity (Wildman–Crippen MR) is 145 cm³/mol. The van der Waals surface area contributed by atoms with Crippen molar-refractivity contribution in [1.29, 1.82) is 0 Å². The zero-order valence-electron chi connectivity index (χ0n) is 21.4. The molecule has 1 aromatic heterocycles. The molecule has 1 aliphatic carbocycles. The van der Waals surface area contributed by atoms with E-state index in [1.165, 1.54) is 35.1 Å². The number of ether oxygens (including phenoxy) is 1. The monoisotopic (exact) mass is 516 g/mol. The van der Waals surface area contributed by atoms with Crippen molar-refractivity contribution in [2.24, 2.45) is 11.3 Å². The van der Waals surface area contributed by atoms with Gasteiger partial charge in [0.15, 0.2) is 0 Å². The first kappa shape index (κ1) is 27.3. The van der Waals surface area contributed by atoms with Crippen molar-refractivity contribution < 1.29 is 19.1 Å². The van der Waals surface area contributed by atoms with Crippen molar-refractivity contribution >= 4 is 51.6 Å². The molecule has 0 saturated carbocycles. The van der Waals surface area contributed by atoms with Crippen molar-refractivity contribution in [2.45, 2.75) is 76.9 Å². The number of carbonyl (C=O) groups is 3. The second-order valence-corrected chi connectivity index (χ2v) is 12.7. The van der Waals surface area contributed by atoms with Crippen LogP contribution in [0.15, 0.2) is 29.2 Å². The van der Waals surface area contributed by atoms with Gasteiger partial charge in [0.2, 0.25) is 11.8 Å². The van der Waals surface area contributed by atoms with Crippen LogP contribution in [0.1, 0.15) is 74.7 Å². The van der Waals surface area contributed by atoms with Gasteiger partial charge in [-0.2, -0.15) is 0 Å². The minimum absolute atomic E-state index is 0.0317. The molecule has 2 aromatic rings. The maximum absolute atomic E-state index is 13.3. The first-order chi connectivity index (χ1) is 16.5. The Balaban J connectivity index is 1.74. The van der Waals surface area contributed by atoms with E-state index in [0.717, 1.165) is 29.7 Å². The van der Waals surface area contributed by atoms with E-state index in [9.17, 15) is 14.4 Å². The molecule has 0 spiro atoms. The second kappa shape index (κ2) is 11.6. The van der Waals surface area contributed by atoms with Crippen LogP contribution in [-0.4, -0.2) is 30.1 Å². The summed E-state index contributed by atoms with van der Waals surface area (Å²) in [6, 6.07) is 7.56. The van der Waals surface area contributed by atoms with Crippen molar-refractivity contribution in [2.75, 3.05) is 17.7 Å². The number of thioether (sulfide) groups is 1. The number of esters is 1. The normalized spacial score (nSPS) is 16.2. The minimum atomic E-state index is -0.397. The number of rotatable bonds is 8. The van der Waals surface area contributed by atoms with Gasteiger partial charge in [-0.25, -0.2) is 4.79 Å². The molecule has 2 amide bonds. The number of thiophene rings is 1. The summed E-state index contributed by atoms with van der Waals surface area (Å²) in [5.74, 6) is -0.00992. The van der Waals surface area contributed by atoms with E-state index in [4.69, 9.17) is 4.74 Å². The van der Waals surface area contributed by atoms with E-state index in [1.54, 1.807) is 0 Å². The minimum Gasteiger partial charge on any atom is -0.465 e. The maximum atomic E-state index is 13.3. The fourth-order valence-electron chi connectivity index (χ4n) is 4.17. The van der Waals surface area contributed by atoms with Crippen molar-refractivity contribution in [1.82, 2.24) is 0 Å². The predicted octanol–water partition coefficient (Wildman–Crippen LogP) is 6.54. The van der Waals surface area contributed by atoms with E-state index in [2.05, 4.69) is 17.6 Å². The Bertz CT molecular complexity index is 1090. The van der Waals surface area contributed by atoms with E-state index < -0.39 is 5.97 Å². The molecule has 8 heteroatoms. The highest BCUT2D eigenvalue weighted by Gasteiger charge is 2.30. The average molecular weight is 517 g/mol. The number of carbonyl (C=O) groups excluding carboxylic acids is 3. The summed E-state index contributed by atoms with van der Waals surface area (Å²) in [6.07, 6.45) is 3.81. The summed E-state index contributed by atoms with van der Waals surface area (Å²) >= 11 is 2.95. The fourth-order valence-corrected chi connectivity index (χ4v) is 6.58. The van der Waals surface area contributed by atoms with E-state index in [0.29, 0.717) is 35.0 Å². The molecule has 1 aliphatic rings. The van der Waals surface area contributed by atoms with Gasteiger partial charge in [0.1, 0.15) is 5.00 Å². The summed E-state index contributed by atoms with van der Waals surface area (Å²) in [4.78, 5) is 40.2. The molecule has 0 radical (unpaired) electrons. The Morgan fingerprint density at radius 2 is 1.97 bits per heavy atom. The topological polar surface area (TPSA) is 84.5 Å². The molecule has 0 saturated heterocycles. The molecule has 190 valence electrons. The summed E-state index contributed by atoms with van der Waals surface area (Å²) in [7, 11) is 1.38. The SMILES string of the molecule is CCC(Sc1cccc(NC(=O)CC(C)(C)C)c1)C(=O)Nc1sc2c(c1C(=O)OC)CCC(C)C2. The first-order valence-electron chi connectivity index (χ1n) is 12.1. The van der Waals surface area contributed by atoms with Crippen LogP contribution in [0, 0.1) is 11.3 Å². The van der Waals surface area contributed by atoms with Gasteiger partial charge in [0, 0.05) is 21.9 Å². The van der Waals surface area contributed by atoms with Crippen molar-refractivity contribution in [3.8, 4) is 0 Å². The molecular formula is C27H36N2O4S2. The standard InChI is InChI=1S/C27H36N2O4S2/c1-7-20(34-18-10-8-9-17(14-18)28-22(30)15-27(3,4)5)24(31)29-25-23(26(32)33-6)19-12-11-16(2)13-21(19)35-25/h8-10,14,16,20H,7,11-13,15H2,1-6H3,(H,28,30)(H,29,31). The molecule has 3 rings (SSSR count). The molecule has 0 fully saturated rings. The zero-order valence-corrected chi connectivity index (χ0v) is 23.1. The number of methoxy groups -OCH3 is 1. The summed E-state index contributed by atoms with van der Waals surface area (Å²) in [5, 5.41) is 6.22. The van der Waals surface area contributed by atoms with Crippen LogP contribution < -0.4 is 10.6 Å². The lowest BCUT2D eigenvalue weighted by Crippen LogP contribution is -2.25. The number of benzene rings is 1. The first-order valence-corrected chi connectivity index (χ1v) is 13.8. The Morgan fingerprint density at radius 3 is 2.63 bits per heavy atom. The Labute approximate surface area is 216 Å². The molecule has 2 atom stereocenters. The van der Waals surface area contributed by atoms with Crippen LogP contribution in [0.4, 0.5) is 10.7 Å². The number of nitrogens with one attached hydrogen (secondary N) is 2. The lowest BCUT2D eigenvalue weighted by Gasteiger charge is -2.18. The molecule has 2 unspecified atom stereocenters. The third-order valence-electron chi connectivity index (χ3n) is 5.89. The van der Waals surface area contributed by atoms with Gasteiger partial charge in [0.25, 0.3) is 0 Å². The van der Waals surface area contributed by atoms with Gasteiger partial charge in [0.05, 0.1) is 17.9 Å². The average Bonchev–Trinajstić information content (AvgIpc) is 3.12. The van der Waals surface area contributed by atoms with Crippen LogP contribution >= 0.6 is 23.1 Å². The van der Waals surface area contributed by atoms with Gasteiger partial charge in [-0.3, -0.25) is 9.59 Å². The highest BCUT2D eigenvalue weighted by Crippen LogP contribution is 2.40. The molecule has 0 aliphatic heterocycles. The van der Waals surface area contributed by atoms with Crippen molar-refractivity contribution in [3.63, 3.8) is 0 Å². The zero-order chi connectivity index (χ0) is 25.8. The summed E-state index contributed by atoms with van der Waals surface area (Å²) < 4.78 is 5.04. The molecule has 1 aromatic carbocycles. The van der Waals surface area contributed by atoms with Gasteiger partial charge in [-0.1, -0.05) is 40.7 Å². The van der Waals surface area contributed by atoms with Gasteiger partial charge in [-0.05, 0) is 60.8 Å². The third-order valence-corrected chi connectivity index (χ3v) is 8.42. The Morgan fingerprint density at radius 1 is 1.23 bits per heavy atom.